The first-order valence-corrected chi connectivity index (χ1v) is 7.22. The third-order valence-electron chi connectivity index (χ3n) is 3.90. The molecule has 0 bridgehead atoms. The summed E-state index contributed by atoms with van der Waals surface area (Å²) in [4.78, 5) is 0. The fourth-order valence-corrected chi connectivity index (χ4v) is 2.47. The van der Waals surface area contributed by atoms with Gasteiger partial charge in [-0.2, -0.15) is 0 Å². The zero-order valence-corrected chi connectivity index (χ0v) is 11.8. The van der Waals surface area contributed by atoms with Crippen LogP contribution in [-0.2, 0) is 4.74 Å². The summed E-state index contributed by atoms with van der Waals surface area (Å²) < 4.78 is 5.45. The van der Waals surface area contributed by atoms with Gasteiger partial charge in [-0.15, -0.1) is 0 Å². The van der Waals surface area contributed by atoms with E-state index in [-0.39, 0.29) is 6.61 Å². The molecule has 0 aromatic heterocycles. The van der Waals surface area contributed by atoms with Gasteiger partial charge in [0.1, 0.15) is 30.5 Å². The molecule has 0 aliphatic carbocycles. The molecular formula is C14H27O5. The molecule has 1 radical (unpaired) electrons. The predicted octanol–water partition coefficient (Wildman–Crippen LogP) is 0.599. The van der Waals surface area contributed by atoms with E-state index in [1.54, 1.807) is 0 Å². The number of unbranched alkanes of at least 4 members (excludes halogenated alkanes) is 1. The molecule has 1 fully saturated rings. The minimum Gasteiger partial charge on any atom is -0.394 e. The molecule has 5 heteroatoms. The van der Waals surface area contributed by atoms with E-state index >= 15 is 0 Å². The summed E-state index contributed by atoms with van der Waals surface area (Å²) in [6.45, 7) is 3.85. The molecule has 1 saturated heterocycles. The van der Waals surface area contributed by atoms with Crippen molar-refractivity contribution in [3.05, 3.63) is 6.10 Å². The Morgan fingerprint density at radius 3 is 2.37 bits per heavy atom. The quantitative estimate of drug-likeness (QED) is 0.546. The minimum absolute atomic E-state index is 0.375. The van der Waals surface area contributed by atoms with Crippen LogP contribution >= 0.6 is 0 Å². The highest BCUT2D eigenvalue weighted by Gasteiger charge is 2.44. The monoisotopic (exact) mass is 275 g/mol. The average molecular weight is 275 g/mol. The first-order chi connectivity index (χ1) is 9.04. The third-order valence-corrected chi connectivity index (χ3v) is 3.90. The van der Waals surface area contributed by atoms with Crippen molar-refractivity contribution in [1.82, 2.24) is 0 Å². The Balaban J connectivity index is 2.59. The standard InChI is InChI=1S/C14H27O5/c1-3-5-6-9(4-2)7-10-12(16)14(18)13(17)11(8-15)19-10/h9,11-18H,3-8H2,1-2H3/t9?,11-,12+,13-,14-/m1/s1. The van der Waals surface area contributed by atoms with Crippen LogP contribution in [0.25, 0.3) is 0 Å². The van der Waals surface area contributed by atoms with Gasteiger partial charge in [-0.3, -0.25) is 0 Å². The highest BCUT2D eigenvalue weighted by atomic mass is 16.5. The fourth-order valence-electron chi connectivity index (χ4n) is 2.47. The van der Waals surface area contributed by atoms with Gasteiger partial charge in [-0.25, -0.2) is 0 Å². The van der Waals surface area contributed by atoms with Crippen molar-refractivity contribution >= 4 is 0 Å². The van der Waals surface area contributed by atoms with Crippen molar-refractivity contribution in [2.24, 2.45) is 5.92 Å². The zero-order valence-electron chi connectivity index (χ0n) is 11.8. The number of rotatable bonds is 7. The minimum atomic E-state index is -1.29. The average Bonchev–Trinajstić information content (AvgIpc) is 2.43. The van der Waals surface area contributed by atoms with Crippen molar-refractivity contribution in [2.75, 3.05) is 6.61 Å². The molecule has 0 aromatic carbocycles. The summed E-state index contributed by atoms with van der Waals surface area (Å²) >= 11 is 0. The molecule has 5 nitrogen and oxygen atoms in total. The number of aliphatic hydroxyl groups is 4. The van der Waals surface area contributed by atoms with Gasteiger partial charge in [-0.05, 0) is 12.3 Å². The molecule has 0 amide bonds. The van der Waals surface area contributed by atoms with E-state index in [9.17, 15) is 15.3 Å². The lowest BCUT2D eigenvalue weighted by Crippen LogP contribution is -2.55. The summed E-state index contributed by atoms with van der Waals surface area (Å²) in [6.07, 6.45) is 0.663. The molecule has 113 valence electrons. The Morgan fingerprint density at radius 2 is 1.84 bits per heavy atom. The molecule has 5 atom stereocenters. The molecule has 1 unspecified atom stereocenters. The van der Waals surface area contributed by atoms with Crippen LogP contribution in [0.4, 0.5) is 0 Å². The lowest BCUT2D eigenvalue weighted by Gasteiger charge is -2.40. The van der Waals surface area contributed by atoms with E-state index in [0.29, 0.717) is 18.4 Å². The van der Waals surface area contributed by atoms with E-state index in [1.165, 1.54) is 0 Å². The molecular weight excluding hydrogens is 248 g/mol. The zero-order chi connectivity index (χ0) is 14.4. The van der Waals surface area contributed by atoms with Crippen molar-refractivity contribution in [1.29, 1.82) is 0 Å². The number of hydrogen-bond donors (Lipinski definition) is 4. The highest BCUT2D eigenvalue weighted by Crippen LogP contribution is 2.33. The lowest BCUT2D eigenvalue weighted by atomic mass is 9.86. The number of hydrogen-bond acceptors (Lipinski definition) is 5. The fraction of sp³-hybridized carbons (Fsp3) is 0.929. The normalized spacial score (nSPS) is 34.4. The van der Waals surface area contributed by atoms with E-state index in [0.717, 1.165) is 25.7 Å². The number of ether oxygens (including phenoxy) is 1. The molecule has 0 aromatic rings. The number of aliphatic hydroxyl groups excluding tert-OH is 4. The van der Waals surface area contributed by atoms with E-state index in [1.807, 2.05) is 0 Å². The smallest absolute Gasteiger partial charge is 0.129 e. The summed E-state index contributed by atoms with van der Waals surface area (Å²) in [5.74, 6) is 0.395. The second kappa shape index (κ2) is 8.17. The van der Waals surface area contributed by atoms with E-state index in [2.05, 4.69) is 13.8 Å². The van der Waals surface area contributed by atoms with Crippen LogP contribution in [0.2, 0.25) is 0 Å². The topological polar surface area (TPSA) is 90.2 Å². The SMILES string of the molecule is CCCCC(CC)C[C]1O[C@H](CO)[C@@H](O)[C@H](O)[C@H]1O. The van der Waals surface area contributed by atoms with Crippen LogP contribution in [0.1, 0.15) is 46.0 Å². The Kier molecular flexibility index (Phi) is 7.25. The third kappa shape index (κ3) is 4.39. The van der Waals surface area contributed by atoms with Crippen LogP contribution in [-0.4, -0.2) is 51.4 Å². The van der Waals surface area contributed by atoms with E-state index in [4.69, 9.17) is 9.84 Å². The Hall–Kier alpha value is -0.200. The maximum absolute atomic E-state index is 9.94. The molecule has 1 aliphatic heterocycles. The van der Waals surface area contributed by atoms with Gasteiger partial charge in [0.2, 0.25) is 0 Å². The molecule has 1 heterocycles. The molecule has 19 heavy (non-hydrogen) atoms. The van der Waals surface area contributed by atoms with Crippen molar-refractivity contribution in [3.63, 3.8) is 0 Å². The van der Waals surface area contributed by atoms with Crippen LogP contribution in [0.5, 0.6) is 0 Å². The van der Waals surface area contributed by atoms with Crippen LogP contribution in [0, 0.1) is 12.0 Å². The van der Waals surface area contributed by atoms with Crippen LogP contribution < -0.4 is 0 Å². The molecule has 1 aliphatic rings. The Bertz CT molecular complexity index is 246. The van der Waals surface area contributed by atoms with Gasteiger partial charge in [-0.1, -0.05) is 39.5 Å². The van der Waals surface area contributed by atoms with Gasteiger partial charge in [0, 0.05) is 0 Å². The maximum atomic E-state index is 9.94. The molecule has 4 N–H and O–H groups in total. The van der Waals surface area contributed by atoms with Gasteiger partial charge >= 0.3 is 0 Å². The summed E-state index contributed by atoms with van der Waals surface area (Å²) in [7, 11) is 0. The first-order valence-electron chi connectivity index (χ1n) is 7.22. The summed E-state index contributed by atoms with van der Waals surface area (Å²) in [5.41, 5.74) is 0. The molecule has 0 saturated carbocycles. The van der Waals surface area contributed by atoms with Crippen molar-refractivity contribution in [2.45, 2.75) is 70.4 Å². The second-order valence-electron chi connectivity index (χ2n) is 5.35. The second-order valence-corrected chi connectivity index (χ2v) is 5.35. The largest absolute Gasteiger partial charge is 0.394 e. The van der Waals surface area contributed by atoms with Crippen LogP contribution in [0.3, 0.4) is 0 Å². The van der Waals surface area contributed by atoms with Crippen LogP contribution in [0.15, 0.2) is 0 Å². The van der Waals surface area contributed by atoms with E-state index < -0.39 is 24.4 Å². The molecule has 1 rings (SSSR count). The highest BCUT2D eigenvalue weighted by molar-refractivity contribution is 5.02. The van der Waals surface area contributed by atoms with Crippen molar-refractivity contribution in [3.8, 4) is 0 Å². The summed E-state index contributed by atoms with van der Waals surface area (Å²) in [5, 5.41) is 38.5. The summed E-state index contributed by atoms with van der Waals surface area (Å²) in [6, 6.07) is 0. The predicted molar refractivity (Wildman–Crippen MR) is 71.1 cm³/mol. The van der Waals surface area contributed by atoms with Gasteiger partial charge in [0.25, 0.3) is 0 Å². The molecule has 0 spiro atoms. The first kappa shape index (κ1) is 16.9. The van der Waals surface area contributed by atoms with Gasteiger partial charge < -0.3 is 25.2 Å². The van der Waals surface area contributed by atoms with Gasteiger partial charge in [0.15, 0.2) is 0 Å². The Morgan fingerprint density at radius 1 is 1.16 bits per heavy atom. The van der Waals surface area contributed by atoms with Crippen molar-refractivity contribution < 1.29 is 25.2 Å². The maximum Gasteiger partial charge on any atom is 0.129 e. The van der Waals surface area contributed by atoms with Gasteiger partial charge in [0.05, 0.1) is 6.61 Å². The lowest BCUT2D eigenvalue weighted by molar-refractivity contribution is -0.193. The Labute approximate surface area is 115 Å².